The number of thiophene rings is 1. The van der Waals surface area contributed by atoms with Crippen molar-refractivity contribution in [3.05, 3.63) is 29.7 Å². The molecule has 2 rings (SSSR count). The molecule has 17 heavy (non-hydrogen) atoms. The van der Waals surface area contributed by atoms with Gasteiger partial charge in [-0.3, -0.25) is 0 Å². The Labute approximate surface area is 105 Å². The zero-order chi connectivity index (χ0) is 12.5. The number of aliphatic hydroxyl groups is 1. The van der Waals surface area contributed by atoms with Crippen LogP contribution in [0.15, 0.2) is 28.3 Å². The molecule has 0 saturated heterocycles. The number of hydrogen-bond donors (Lipinski definition) is 1. The summed E-state index contributed by atoms with van der Waals surface area (Å²) in [4.78, 5) is 0. The summed E-state index contributed by atoms with van der Waals surface area (Å²) in [6.07, 6.45) is 3.45. The van der Waals surface area contributed by atoms with Crippen LogP contribution >= 0.6 is 11.3 Å². The number of rotatable bonds is 6. The summed E-state index contributed by atoms with van der Waals surface area (Å²) < 4.78 is 26.5. The summed E-state index contributed by atoms with van der Waals surface area (Å²) in [7, 11) is -3.42. The number of sulfonamides is 1. The van der Waals surface area contributed by atoms with E-state index in [2.05, 4.69) is 6.58 Å². The summed E-state index contributed by atoms with van der Waals surface area (Å²) >= 11 is 1.16. The Balaban J connectivity index is 2.29. The molecule has 0 spiro atoms. The Bertz CT molecular complexity index is 503. The van der Waals surface area contributed by atoms with Gasteiger partial charge in [0.2, 0.25) is 0 Å². The Kier molecular flexibility index (Phi) is 3.67. The Morgan fingerprint density at radius 1 is 1.59 bits per heavy atom. The van der Waals surface area contributed by atoms with E-state index in [1.807, 2.05) is 0 Å². The highest BCUT2D eigenvalue weighted by Crippen LogP contribution is 2.33. The van der Waals surface area contributed by atoms with Crippen molar-refractivity contribution in [3.63, 3.8) is 0 Å². The fourth-order valence-corrected chi connectivity index (χ4v) is 4.60. The first kappa shape index (κ1) is 12.8. The van der Waals surface area contributed by atoms with Gasteiger partial charge in [0.05, 0.1) is 6.61 Å². The van der Waals surface area contributed by atoms with Gasteiger partial charge in [-0.1, -0.05) is 6.08 Å². The van der Waals surface area contributed by atoms with E-state index in [1.54, 1.807) is 17.5 Å². The number of hydrogen-bond acceptors (Lipinski definition) is 4. The van der Waals surface area contributed by atoms with E-state index in [0.717, 1.165) is 24.2 Å². The van der Waals surface area contributed by atoms with Gasteiger partial charge >= 0.3 is 0 Å². The summed E-state index contributed by atoms with van der Waals surface area (Å²) in [5.74, 6) is 0. The van der Waals surface area contributed by atoms with Gasteiger partial charge in [0.25, 0.3) is 10.0 Å². The molecule has 0 bridgehead atoms. The second-order valence-corrected chi connectivity index (χ2v) is 7.06. The molecule has 1 N–H and O–H groups in total. The third kappa shape index (κ3) is 2.60. The third-order valence-electron chi connectivity index (χ3n) is 2.64. The minimum atomic E-state index is -3.42. The first-order chi connectivity index (χ1) is 8.09. The van der Waals surface area contributed by atoms with Gasteiger partial charge in [-0.25, -0.2) is 8.42 Å². The van der Waals surface area contributed by atoms with E-state index in [4.69, 9.17) is 5.11 Å². The van der Waals surface area contributed by atoms with Crippen molar-refractivity contribution in [1.29, 1.82) is 0 Å². The topological polar surface area (TPSA) is 57.6 Å². The predicted molar refractivity (Wildman–Crippen MR) is 67.4 cm³/mol. The maximum absolute atomic E-state index is 12.3. The zero-order valence-corrected chi connectivity index (χ0v) is 11.0. The van der Waals surface area contributed by atoms with Crippen LogP contribution in [-0.4, -0.2) is 30.4 Å². The molecule has 0 amide bonds. The standard InChI is InChI=1S/C11H15NO3S2/c1-2-5-12(10-3-4-10)17(14,15)11-6-9(7-13)8-16-11/h2,6,8,10,13H,1,3-5,7H2. The average Bonchev–Trinajstić information content (AvgIpc) is 3.01. The molecule has 94 valence electrons. The van der Waals surface area contributed by atoms with Crippen LogP contribution < -0.4 is 0 Å². The van der Waals surface area contributed by atoms with Gasteiger partial charge in [0.15, 0.2) is 0 Å². The first-order valence-electron chi connectivity index (χ1n) is 5.40. The normalized spacial score (nSPS) is 16.4. The molecule has 1 aliphatic carbocycles. The van der Waals surface area contributed by atoms with E-state index < -0.39 is 10.0 Å². The average molecular weight is 273 g/mol. The molecule has 0 atom stereocenters. The van der Waals surface area contributed by atoms with Gasteiger partial charge in [0, 0.05) is 12.6 Å². The van der Waals surface area contributed by atoms with Crippen molar-refractivity contribution in [1.82, 2.24) is 4.31 Å². The molecule has 1 saturated carbocycles. The molecule has 1 aromatic rings. The highest BCUT2D eigenvalue weighted by atomic mass is 32.2. The van der Waals surface area contributed by atoms with Gasteiger partial charge in [-0.05, 0) is 29.9 Å². The van der Waals surface area contributed by atoms with Crippen molar-refractivity contribution in [2.45, 2.75) is 29.7 Å². The molecular formula is C11H15NO3S2. The summed E-state index contributed by atoms with van der Waals surface area (Å²) in [5, 5.41) is 10.6. The maximum Gasteiger partial charge on any atom is 0.253 e. The lowest BCUT2D eigenvalue weighted by atomic mass is 10.4. The van der Waals surface area contributed by atoms with Crippen LogP contribution in [-0.2, 0) is 16.6 Å². The molecule has 0 unspecified atom stereocenters. The van der Waals surface area contributed by atoms with Crippen LogP contribution in [0.1, 0.15) is 18.4 Å². The van der Waals surface area contributed by atoms with Crippen molar-refractivity contribution >= 4 is 21.4 Å². The third-order valence-corrected chi connectivity index (χ3v) is 6.02. The highest BCUT2D eigenvalue weighted by Gasteiger charge is 2.37. The molecule has 6 heteroatoms. The van der Waals surface area contributed by atoms with Gasteiger partial charge < -0.3 is 5.11 Å². The summed E-state index contributed by atoms with van der Waals surface area (Å²) in [5.41, 5.74) is 0.642. The van der Waals surface area contributed by atoms with Crippen LogP contribution in [0.5, 0.6) is 0 Å². The van der Waals surface area contributed by atoms with Crippen molar-refractivity contribution in [3.8, 4) is 0 Å². The first-order valence-corrected chi connectivity index (χ1v) is 7.72. The van der Waals surface area contributed by atoms with Gasteiger partial charge in [0.1, 0.15) is 4.21 Å². The molecule has 1 heterocycles. The lowest BCUT2D eigenvalue weighted by molar-refractivity contribution is 0.282. The Morgan fingerprint density at radius 3 is 2.76 bits per heavy atom. The molecule has 0 radical (unpaired) electrons. The maximum atomic E-state index is 12.3. The zero-order valence-electron chi connectivity index (χ0n) is 9.37. The van der Waals surface area contributed by atoms with Crippen molar-refractivity contribution in [2.24, 2.45) is 0 Å². The largest absolute Gasteiger partial charge is 0.392 e. The van der Waals surface area contributed by atoms with Crippen LogP contribution in [0.25, 0.3) is 0 Å². The SMILES string of the molecule is C=CCN(C1CC1)S(=O)(=O)c1cc(CO)cs1. The second kappa shape index (κ2) is 4.89. The second-order valence-electron chi connectivity index (χ2n) is 4.03. The lowest BCUT2D eigenvalue weighted by Crippen LogP contribution is -2.32. The fourth-order valence-electron chi connectivity index (χ4n) is 1.62. The molecule has 1 aromatic heterocycles. The smallest absolute Gasteiger partial charge is 0.253 e. The lowest BCUT2D eigenvalue weighted by Gasteiger charge is -2.18. The molecule has 1 aliphatic rings. The van der Waals surface area contributed by atoms with E-state index in [-0.39, 0.29) is 12.6 Å². The van der Waals surface area contributed by atoms with E-state index in [9.17, 15) is 8.42 Å². The summed E-state index contributed by atoms with van der Waals surface area (Å²) in [6, 6.07) is 1.66. The van der Waals surface area contributed by atoms with Gasteiger partial charge in [-0.15, -0.1) is 17.9 Å². The van der Waals surface area contributed by atoms with Crippen LogP contribution in [0.3, 0.4) is 0 Å². The van der Waals surface area contributed by atoms with Gasteiger partial charge in [-0.2, -0.15) is 4.31 Å². The van der Waals surface area contributed by atoms with Crippen molar-refractivity contribution in [2.75, 3.05) is 6.54 Å². The minimum absolute atomic E-state index is 0.123. The number of aliphatic hydroxyl groups excluding tert-OH is 1. The van der Waals surface area contributed by atoms with Crippen LogP contribution in [0.4, 0.5) is 0 Å². The predicted octanol–water partition coefficient (Wildman–Crippen LogP) is 1.58. The minimum Gasteiger partial charge on any atom is -0.392 e. The quantitative estimate of drug-likeness (QED) is 0.801. The molecule has 0 aliphatic heterocycles. The van der Waals surface area contributed by atoms with E-state index >= 15 is 0 Å². The number of nitrogens with zero attached hydrogens (tertiary/aromatic N) is 1. The van der Waals surface area contributed by atoms with E-state index in [0.29, 0.717) is 16.3 Å². The molecule has 0 aromatic carbocycles. The molecule has 4 nitrogen and oxygen atoms in total. The fraction of sp³-hybridized carbons (Fsp3) is 0.455. The Morgan fingerprint density at radius 2 is 2.29 bits per heavy atom. The molecule has 1 fully saturated rings. The Hall–Kier alpha value is -0.690. The van der Waals surface area contributed by atoms with Crippen molar-refractivity contribution < 1.29 is 13.5 Å². The molecular weight excluding hydrogens is 258 g/mol. The van der Waals surface area contributed by atoms with Crippen LogP contribution in [0, 0.1) is 0 Å². The van der Waals surface area contributed by atoms with Crippen LogP contribution in [0.2, 0.25) is 0 Å². The van der Waals surface area contributed by atoms with E-state index in [1.165, 1.54) is 4.31 Å². The highest BCUT2D eigenvalue weighted by molar-refractivity contribution is 7.91. The monoisotopic (exact) mass is 273 g/mol. The summed E-state index contributed by atoms with van der Waals surface area (Å²) in [6.45, 7) is 3.82.